The number of fused-ring (bicyclic) bond motifs is 3. The van der Waals surface area contributed by atoms with Gasteiger partial charge >= 0.3 is 0 Å². The normalized spacial score (nSPS) is 27.7. The molecule has 8 nitrogen and oxygen atoms in total. The molecule has 2 aromatic carbocycles. The number of ether oxygens (including phenoxy) is 3. The lowest BCUT2D eigenvalue weighted by Gasteiger charge is -2.23. The van der Waals surface area contributed by atoms with Crippen molar-refractivity contribution in [2.75, 3.05) is 19.9 Å². The Hall–Kier alpha value is -3.78. The number of hydrogen-bond donors (Lipinski definition) is 2. The van der Waals surface area contributed by atoms with Crippen LogP contribution >= 0.6 is 0 Å². The van der Waals surface area contributed by atoms with Crippen LogP contribution in [-0.4, -0.2) is 53.3 Å². The summed E-state index contributed by atoms with van der Waals surface area (Å²) in [7, 11) is 0. The second-order valence-electron chi connectivity index (χ2n) is 9.68. The third-order valence-electron chi connectivity index (χ3n) is 7.66. The van der Waals surface area contributed by atoms with Crippen molar-refractivity contribution in [2.45, 2.75) is 24.7 Å². The van der Waals surface area contributed by atoms with Crippen LogP contribution in [-0.2, 0) is 27.3 Å². The van der Waals surface area contributed by atoms with Gasteiger partial charge in [-0.15, -0.1) is 0 Å². The Labute approximate surface area is 201 Å². The monoisotopic (exact) mass is 471 g/mol. The molecule has 2 N–H and O–H groups in total. The average Bonchev–Trinajstić information content (AvgIpc) is 3.67. The number of benzene rings is 2. The van der Waals surface area contributed by atoms with Crippen molar-refractivity contribution in [1.82, 2.24) is 15.2 Å². The van der Waals surface area contributed by atoms with Gasteiger partial charge in [0.05, 0.1) is 24.5 Å². The van der Waals surface area contributed by atoms with Crippen LogP contribution in [0.1, 0.15) is 11.1 Å². The Bertz CT molecular complexity index is 1380. The van der Waals surface area contributed by atoms with Gasteiger partial charge in [-0.05, 0) is 35.7 Å². The van der Waals surface area contributed by atoms with Crippen molar-refractivity contribution in [3.8, 4) is 11.5 Å². The van der Waals surface area contributed by atoms with Crippen LogP contribution in [0.5, 0.6) is 11.5 Å². The Balaban J connectivity index is 1.04. The van der Waals surface area contributed by atoms with Crippen molar-refractivity contribution < 1.29 is 23.8 Å². The minimum Gasteiger partial charge on any atom is -0.454 e. The minimum absolute atomic E-state index is 0.0358. The standard InChI is InChI=1S/C27H25N3O5/c31-25(28-10-8-17-12-29-19-4-2-1-3-18(17)19)23-21-7-9-27(35-21)14-30(26(32)24(23)27)13-16-5-6-20-22(11-16)34-15-33-20/h1-7,9,11-12,21,23-24,29H,8,10,13-15H2,(H,28,31)/t21-,23+,24+,27+/m1/s1. The largest absolute Gasteiger partial charge is 0.454 e. The van der Waals surface area contributed by atoms with Gasteiger partial charge in [0.2, 0.25) is 18.6 Å². The van der Waals surface area contributed by atoms with Gasteiger partial charge in [-0.3, -0.25) is 9.59 Å². The number of likely N-dealkylation sites (tertiary alicyclic amines) is 1. The van der Waals surface area contributed by atoms with E-state index in [-0.39, 0.29) is 24.7 Å². The fourth-order valence-corrected chi connectivity index (χ4v) is 6.05. The van der Waals surface area contributed by atoms with E-state index in [9.17, 15) is 9.59 Å². The van der Waals surface area contributed by atoms with Gasteiger partial charge in [0.1, 0.15) is 5.60 Å². The molecule has 0 aliphatic carbocycles. The highest BCUT2D eigenvalue weighted by molar-refractivity contribution is 5.93. The van der Waals surface area contributed by atoms with Crippen LogP contribution < -0.4 is 14.8 Å². The van der Waals surface area contributed by atoms with E-state index >= 15 is 0 Å². The van der Waals surface area contributed by atoms with Gasteiger partial charge in [-0.2, -0.15) is 0 Å². The summed E-state index contributed by atoms with van der Waals surface area (Å²) in [6, 6.07) is 13.8. The molecule has 2 bridgehead atoms. The highest BCUT2D eigenvalue weighted by Crippen LogP contribution is 2.52. The first-order valence-electron chi connectivity index (χ1n) is 12.0. The number of nitrogens with one attached hydrogen (secondary N) is 2. The summed E-state index contributed by atoms with van der Waals surface area (Å²) in [4.78, 5) is 31.8. The van der Waals surface area contributed by atoms with E-state index in [0.717, 1.165) is 22.0 Å². The molecule has 4 aliphatic rings. The van der Waals surface area contributed by atoms with Crippen molar-refractivity contribution in [2.24, 2.45) is 11.8 Å². The molecule has 2 saturated heterocycles. The number of amides is 2. The number of hydrogen-bond acceptors (Lipinski definition) is 5. The number of carbonyl (C=O) groups excluding carboxylic acids is 2. The second kappa shape index (κ2) is 7.61. The predicted octanol–water partition coefficient (Wildman–Crippen LogP) is 2.54. The molecule has 0 radical (unpaired) electrons. The Morgan fingerprint density at radius 3 is 3.00 bits per heavy atom. The van der Waals surface area contributed by atoms with Crippen molar-refractivity contribution in [3.05, 3.63) is 71.9 Å². The first kappa shape index (κ1) is 20.6. The quantitative estimate of drug-likeness (QED) is 0.539. The van der Waals surface area contributed by atoms with Gasteiger partial charge in [0.25, 0.3) is 0 Å². The number of carbonyl (C=O) groups is 2. The number of nitrogens with zero attached hydrogens (tertiary/aromatic N) is 1. The maximum Gasteiger partial charge on any atom is 0.231 e. The molecule has 35 heavy (non-hydrogen) atoms. The summed E-state index contributed by atoms with van der Waals surface area (Å²) in [6.45, 7) is 1.59. The topological polar surface area (TPSA) is 92.9 Å². The summed E-state index contributed by atoms with van der Waals surface area (Å²) >= 11 is 0. The van der Waals surface area contributed by atoms with Gasteiger partial charge in [-0.1, -0.05) is 36.4 Å². The average molecular weight is 472 g/mol. The van der Waals surface area contributed by atoms with Crippen LogP contribution in [0, 0.1) is 11.8 Å². The van der Waals surface area contributed by atoms with Crippen molar-refractivity contribution in [1.29, 1.82) is 0 Å². The zero-order chi connectivity index (χ0) is 23.6. The highest BCUT2D eigenvalue weighted by atomic mass is 16.7. The van der Waals surface area contributed by atoms with Gasteiger partial charge in [-0.25, -0.2) is 0 Å². The molecule has 2 amide bonds. The van der Waals surface area contributed by atoms with E-state index in [1.807, 2.05) is 54.7 Å². The third-order valence-corrected chi connectivity index (χ3v) is 7.66. The molecule has 2 fully saturated rings. The molecule has 0 unspecified atom stereocenters. The molecule has 1 aromatic heterocycles. The molecule has 4 atom stereocenters. The summed E-state index contributed by atoms with van der Waals surface area (Å²) < 4.78 is 17.1. The Morgan fingerprint density at radius 1 is 1.17 bits per heavy atom. The molecule has 178 valence electrons. The summed E-state index contributed by atoms with van der Waals surface area (Å²) in [5.74, 6) is 0.232. The third kappa shape index (κ3) is 3.16. The lowest BCUT2D eigenvalue weighted by molar-refractivity contribution is -0.137. The van der Waals surface area contributed by atoms with Gasteiger partial charge in [0.15, 0.2) is 11.5 Å². The van der Waals surface area contributed by atoms with E-state index in [0.29, 0.717) is 37.6 Å². The Morgan fingerprint density at radius 2 is 2.06 bits per heavy atom. The fraction of sp³-hybridized carbons (Fsp3) is 0.333. The van der Waals surface area contributed by atoms with Crippen LogP contribution in [0.3, 0.4) is 0 Å². The van der Waals surface area contributed by atoms with E-state index in [4.69, 9.17) is 14.2 Å². The van der Waals surface area contributed by atoms with E-state index in [1.165, 1.54) is 0 Å². The van der Waals surface area contributed by atoms with Crippen LogP contribution in [0.4, 0.5) is 0 Å². The molecule has 5 heterocycles. The zero-order valence-corrected chi connectivity index (χ0v) is 19.0. The maximum atomic E-state index is 13.5. The molecule has 1 spiro atoms. The maximum absolute atomic E-state index is 13.5. The Kier molecular flexibility index (Phi) is 4.48. The van der Waals surface area contributed by atoms with Gasteiger partial charge in [0, 0.05) is 30.2 Å². The predicted molar refractivity (Wildman–Crippen MR) is 127 cm³/mol. The summed E-state index contributed by atoms with van der Waals surface area (Å²) in [6.07, 6.45) is 6.27. The number of rotatable bonds is 6. The summed E-state index contributed by atoms with van der Waals surface area (Å²) in [5, 5.41) is 4.23. The van der Waals surface area contributed by atoms with E-state index in [2.05, 4.69) is 16.4 Å². The minimum atomic E-state index is -0.725. The molecule has 8 heteroatoms. The molecule has 4 aliphatic heterocycles. The molecular weight excluding hydrogens is 446 g/mol. The van der Waals surface area contributed by atoms with Gasteiger partial charge < -0.3 is 29.4 Å². The molecule has 3 aromatic rings. The summed E-state index contributed by atoms with van der Waals surface area (Å²) in [5.41, 5.74) is 2.48. The SMILES string of the molecule is O=C(NCCc1c[nH]c2ccccc12)[C@@H]1[C@H]2C(=O)N(Cc3ccc4c(c3)OCO4)C[C@@]23C=C[C@H]1O3. The molecule has 7 rings (SSSR count). The number of aromatic nitrogens is 1. The number of H-pyrrole nitrogens is 1. The molecular formula is C27H25N3O5. The zero-order valence-electron chi connectivity index (χ0n) is 19.0. The highest BCUT2D eigenvalue weighted by Gasteiger charge is 2.66. The molecule has 0 saturated carbocycles. The number of aromatic amines is 1. The van der Waals surface area contributed by atoms with Crippen molar-refractivity contribution >= 4 is 22.7 Å². The lowest BCUT2D eigenvalue weighted by Crippen LogP contribution is -2.44. The van der Waals surface area contributed by atoms with Crippen LogP contribution in [0.15, 0.2) is 60.8 Å². The van der Waals surface area contributed by atoms with Crippen LogP contribution in [0.25, 0.3) is 10.9 Å². The van der Waals surface area contributed by atoms with Crippen molar-refractivity contribution in [3.63, 3.8) is 0 Å². The number of para-hydroxylation sites is 1. The van der Waals surface area contributed by atoms with E-state index < -0.39 is 17.4 Å². The van der Waals surface area contributed by atoms with Crippen LogP contribution in [0.2, 0.25) is 0 Å². The van der Waals surface area contributed by atoms with E-state index in [1.54, 1.807) is 4.90 Å². The first-order valence-corrected chi connectivity index (χ1v) is 12.0. The fourth-order valence-electron chi connectivity index (χ4n) is 6.05. The lowest BCUT2D eigenvalue weighted by atomic mass is 9.77. The first-order chi connectivity index (χ1) is 17.1. The smallest absolute Gasteiger partial charge is 0.231 e. The second-order valence-corrected chi connectivity index (χ2v) is 9.68.